The number of carbonyl (C=O) groups is 1. The van der Waals surface area contributed by atoms with Crippen LogP contribution in [0.2, 0.25) is 0 Å². The predicted molar refractivity (Wildman–Crippen MR) is 92.0 cm³/mol. The zero-order chi connectivity index (χ0) is 15.4. The van der Waals surface area contributed by atoms with E-state index in [1.165, 1.54) is 11.8 Å². The van der Waals surface area contributed by atoms with Crippen LogP contribution in [-0.4, -0.2) is 58.8 Å². The van der Waals surface area contributed by atoms with Crippen molar-refractivity contribution in [3.8, 4) is 0 Å². The van der Waals surface area contributed by atoms with Crippen LogP contribution in [0.3, 0.4) is 0 Å². The molecule has 0 bridgehead atoms. The van der Waals surface area contributed by atoms with Crippen molar-refractivity contribution in [2.45, 2.75) is 25.0 Å². The Balaban J connectivity index is 1.38. The van der Waals surface area contributed by atoms with Crippen LogP contribution >= 0.6 is 11.8 Å². The first-order valence-corrected chi connectivity index (χ1v) is 8.74. The van der Waals surface area contributed by atoms with Gasteiger partial charge in [0.1, 0.15) is 5.82 Å². The summed E-state index contributed by atoms with van der Waals surface area (Å²) >= 11 is 1.38. The topological polar surface area (TPSA) is 48.8 Å². The van der Waals surface area contributed by atoms with Crippen molar-refractivity contribution in [2.24, 2.45) is 4.99 Å². The molecule has 1 unspecified atom stereocenters. The largest absolute Gasteiger partial charge is 0.354 e. The summed E-state index contributed by atoms with van der Waals surface area (Å²) in [6, 6.07) is 6.07. The fraction of sp³-hybridized carbons (Fsp3) is 0.562. The summed E-state index contributed by atoms with van der Waals surface area (Å²) < 4.78 is 0. The summed E-state index contributed by atoms with van der Waals surface area (Å²) in [6.07, 6.45) is 4.03. The molecule has 0 spiro atoms. The van der Waals surface area contributed by atoms with Gasteiger partial charge in [0.05, 0.1) is 5.25 Å². The SMILES string of the molecule is CC1=NC(=O)SC1CCCN1CCN(c2ccccn2)CC1. The van der Waals surface area contributed by atoms with Crippen LogP contribution in [0.4, 0.5) is 10.6 Å². The molecule has 5 nitrogen and oxygen atoms in total. The number of rotatable bonds is 5. The quantitative estimate of drug-likeness (QED) is 0.835. The second-order valence-corrected chi connectivity index (χ2v) is 6.94. The number of carbonyl (C=O) groups excluding carboxylic acids is 1. The van der Waals surface area contributed by atoms with E-state index < -0.39 is 0 Å². The Kier molecular flexibility index (Phi) is 5.10. The van der Waals surface area contributed by atoms with Crippen LogP contribution < -0.4 is 4.90 Å². The standard InChI is InChI=1S/C16H22N4OS/c1-13-14(22-16(21)18-13)5-4-8-19-9-11-20(12-10-19)15-6-2-3-7-17-15/h2-3,6-7,14H,4-5,8-12H2,1H3. The number of anilines is 1. The molecule has 1 aromatic rings. The van der Waals surface area contributed by atoms with Gasteiger partial charge in [0.25, 0.3) is 0 Å². The molecule has 0 saturated carbocycles. The van der Waals surface area contributed by atoms with E-state index >= 15 is 0 Å². The van der Waals surface area contributed by atoms with Crippen molar-refractivity contribution >= 4 is 28.5 Å². The average molecular weight is 318 g/mol. The lowest BCUT2D eigenvalue weighted by atomic mass is 10.1. The van der Waals surface area contributed by atoms with E-state index in [0.717, 1.165) is 57.1 Å². The highest BCUT2D eigenvalue weighted by Crippen LogP contribution is 2.26. The van der Waals surface area contributed by atoms with Crippen molar-refractivity contribution in [1.82, 2.24) is 9.88 Å². The van der Waals surface area contributed by atoms with Gasteiger partial charge in [0.15, 0.2) is 0 Å². The number of nitrogens with zero attached hydrogens (tertiary/aromatic N) is 4. The molecule has 0 N–H and O–H groups in total. The van der Waals surface area contributed by atoms with Gasteiger partial charge in [0.2, 0.25) is 0 Å². The Hall–Kier alpha value is -1.40. The first-order chi connectivity index (χ1) is 10.7. The fourth-order valence-electron chi connectivity index (χ4n) is 2.96. The molecule has 1 amide bonds. The van der Waals surface area contributed by atoms with Gasteiger partial charge < -0.3 is 4.90 Å². The van der Waals surface area contributed by atoms with E-state index in [2.05, 4.69) is 25.8 Å². The number of hydrogen-bond acceptors (Lipinski definition) is 5. The van der Waals surface area contributed by atoms with Gasteiger partial charge in [0, 0.05) is 38.1 Å². The van der Waals surface area contributed by atoms with Gasteiger partial charge in [-0.15, -0.1) is 0 Å². The minimum absolute atomic E-state index is 0.0218. The second-order valence-electron chi connectivity index (χ2n) is 5.78. The molecule has 1 atom stereocenters. The Morgan fingerprint density at radius 2 is 2.09 bits per heavy atom. The van der Waals surface area contributed by atoms with Gasteiger partial charge in [-0.05, 0) is 38.4 Å². The minimum Gasteiger partial charge on any atom is -0.354 e. The predicted octanol–water partition coefficient (Wildman–Crippen LogP) is 2.68. The molecule has 22 heavy (non-hydrogen) atoms. The zero-order valence-electron chi connectivity index (χ0n) is 12.9. The summed E-state index contributed by atoms with van der Waals surface area (Å²) in [6.45, 7) is 7.31. The smallest absolute Gasteiger partial charge is 0.305 e. The molecule has 0 radical (unpaired) electrons. The lowest BCUT2D eigenvalue weighted by Crippen LogP contribution is -2.47. The molecule has 1 fully saturated rings. The zero-order valence-corrected chi connectivity index (χ0v) is 13.8. The van der Waals surface area contributed by atoms with Gasteiger partial charge in [-0.25, -0.2) is 9.98 Å². The Morgan fingerprint density at radius 3 is 2.73 bits per heavy atom. The third-order valence-electron chi connectivity index (χ3n) is 4.26. The van der Waals surface area contributed by atoms with Crippen LogP contribution in [0, 0.1) is 0 Å². The van der Waals surface area contributed by atoms with Gasteiger partial charge in [-0.2, -0.15) is 0 Å². The number of aromatic nitrogens is 1. The highest BCUT2D eigenvalue weighted by Gasteiger charge is 2.24. The molecule has 0 aromatic carbocycles. The summed E-state index contributed by atoms with van der Waals surface area (Å²) in [5.74, 6) is 1.08. The van der Waals surface area contributed by atoms with Crippen molar-refractivity contribution < 1.29 is 4.79 Å². The van der Waals surface area contributed by atoms with Crippen molar-refractivity contribution in [2.75, 3.05) is 37.6 Å². The van der Waals surface area contributed by atoms with Crippen LogP contribution in [0.5, 0.6) is 0 Å². The molecule has 3 heterocycles. The van der Waals surface area contributed by atoms with Gasteiger partial charge >= 0.3 is 5.24 Å². The maximum absolute atomic E-state index is 11.3. The van der Waals surface area contributed by atoms with E-state index in [4.69, 9.17) is 0 Å². The minimum atomic E-state index is -0.0218. The lowest BCUT2D eigenvalue weighted by Gasteiger charge is -2.35. The van der Waals surface area contributed by atoms with E-state index in [0.29, 0.717) is 5.25 Å². The van der Waals surface area contributed by atoms with Gasteiger partial charge in [-0.1, -0.05) is 17.8 Å². The van der Waals surface area contributed by atoms with Crippen LogP contribution in [-0.2, 0) is 0 Å². The number of aliphatic imine (C=N–C) groups is 1. The normalized spacial score (nSPS) is 23.0. The molecule has 118 valence electrons. The average Bonchev–Trinajstić information content (AvgIpc) is 2.87. The number of pyridine rings is 1. The monoisotopic (exact) mass is 318 g/mol. The summed E-state index contributed by atoms with van der Waals surface area (Å²) in [5, 5.41) is 0.286. The maximum atomic E-state index is 11.3. The summed E-state index contributed by atoms with van der Waals surface area (Å²) in [4.78, 5) is 24.5. The molecule has 6 heteroatoms. The van der Waals surface area contributed by atoms with Crippen LogP contribution in [0.15, 0.2) is 29.4 Å². The van der Waals surface area contributed by atoms with Crippen LogP contribution in [0.25, 0.3) is 0 Å². The summed E-state index contributed by atoms with van der Waals surface area (Å²) in [7, 11) is 0. The number of thioether (sulfide) groups is 1. The molecular weight excluding hydrogens is 296 g/mol. The molecule has 3 rings (SSSR count). The van der Waals surface area contributed by atoms with E-state index in [1.807, 2.05) is 25.3 Å². The molecule has 2 aliphatic rings. The first-order valence-electron chi connectivity index (χ1n) is 7.86. The molecular formula is C16H22N4OS. The van der Waals surface area contributed by atoms with Gasteiger partial charge in [-0.3, -0.25) is 9.69 Å². The third-order valence-corrected chi connectivity index (χ3v) is 5.42. The lowest BCUT2D eigenvalue weighted by molar-refractivity contribution is 0.253. The molecule has 0 aliphatic carbocycles. The van der Waals surface area contributed by atoms with E-state index in [9.17, 15) is 4.79 Å². The highest BCUT2D eigenvalue weighted by molar-refractivity contribution is 8.15. The number of piperazine rings is 1. The third kappa shape index (κ3) is 3.87. The summed E-state index contributed by atoms with van der Waals surface area (Å²) in [5.41, 5.74) is 0.995. The second kappa shape index (κ2) is 7.24. The Morgan fingerprint density at radius 1 is 1.27 bits per heavy atom. The molecule has 1 saturated heterocycles. The fourth-order valence-corrected chi connectivity index (χ4v) is 3.91. The van der Waals surface area contributed by atoms with Crippen molar-refractivity contribution in [1.29, 1.82) is 0 Å². The highest BCUT2D eigenvalue weighted by atomic mass is 32.2. The van der Waals surface area contributed by atoms with Crippen molar-refractivity contribution in [3.05, 3.63) is 24.4 Å². The Bertz CT molecular complexity index is 540. The Labute approximate surface area is 135 Å². The van der Waals surface area contributed by atoms with E-state index in [-0.39, 0.29) is 5.24 Å². The van der Waals surface area contributed by atoms with Crippen LogP contribution in [0.1, 0.15) is 19.8 Å². The number of amides is 1. The number of hydrogen-bond donors (Lipinski definition) is 0. The molecule has 2 aliphatic heterocycles. The first kappa shape index (κ1) is 15.5. The molecule has 1 aromatic heterocycles. The van der Waals surface area contributed by atoms with E-state index in [1.54, 1.807) is 0 Å². The van der Waals surface area contributed by atoms with Crippen molar-refractivity contribution in [3.63, 3.8) is 0 Å². The maximum Gasteiger partial charge on any atom is 0.305 e.